The molecule has 3 rings (SSSR count). The summed E-state index contributed by atoms with van der Waals surface area (Å²) in [6.07, 6.45) is 1.63. The summed E-state index contributed by atoms with van der Waals surface area (Å²) >= 11 is 19.5. The standard InChI is InChI=1S/C17H10Cl3N3OS/c18-12-8-4-5-10(14(12)20)9-13(19)16-22-23-17(25-16)15(24)21-11-6-2-1-3-7-11/h1-9H,(H,21,24)/b13-9-. The third kappa shape index (κ3) is 4.38. The molecule has 1 N–H and O–H groups in total. The van der Waals surface area contributed by atoms with Gasteiger partial charge in [0.25, 0.3) is 5.91 Å². The van der Waals surface area contributed by atoms with Crippen molar-refractivity contribution in [2.45, 2.75) is 0 Å². The van der Waals surface area contributed by atoms with Crippen molar-refractivity contribution in [2.24, 2.45) is 0 Å². The van der Waals surface area contributed by atoms with Gasteiger partial charge in [-0.15, -0.1) is 10.2 Å². The molecule has 0 aliphatic heterocycles. The van der Waals surface area contributed by atoms with Crippen LogP contribution < -0.4 is 5.32 Å². The summed E-state index contributed by atoms with van der Waals surface area (Å²) in [4.78, 5) is 12.2. The van der Waals surface area contributed by atoms with Gasteiger partial charge in [0.2, 0.25) is 5.01 Å². The lowest BCUT2D eigenvalue weighted by atomic mass is 10.2. The molecule has 25 heavy (non-hydrogen) atoms. The summed E-state index contributed by atoms with van der Waals surface area (Å²) in [5, 5.41) is 12.4. The summed E-state index contributed by atoms with van der Waals surface area (Å²) in [5.74, 6) is -0.347. The number of rotatable bonds is 4. The summed E-state index contributed by atoms with van der Waals surface area (Å²) in [6, 6.07) is 14.3. The Morgan fingerprint density at radius 3 is 2.48 bits per heavy atom. The molecule has 2 aromatic carbocycles. The Balaban J connectivity index is 1.79. The molecule has 3 aromatic rings. The molecule has 1 heterocycles. The maximum atomic E-state index is 12.2. The summed E-state index contributed by atoms with van der Waals surface area (Å²) in [5.41, 5.74) is 1.33. The van der Waals surface area contributed by atoms with Gasteiger partial charge in [-0.1, -0.05) is 76.5 Å². The van der Waals surface area contributed by atoms with E-state index >= 15 is 0 Å². The summed E-state index contributed by atoms with van der Waals surface area (Å²) in [6.45, 7) is 0. The number of hydrogen-bond donors (Lipinski definition) is 1. The second kappa shape index (κ2) is 7.97. The number of nitrogens with one attached hydrogen (secondary N) is 1. The van der Waals surface area contributed by atoms with Gasteiger partial charge in [0.1, 0.15) is 0 Å². The molecule has 0 unspecified atom stereocenters. The second-order valence-electron chi connectivity index (χ2n) is 4.87. The number of carbonyl (C=O) groups is 1. The van der Waals surface area contributed by atoms with Gasteiger partial charge in [-0.25, -0.2) is 0 Å². The number of hydrogen-bond acceptors (Lipinski definition) is 4. The molecule has 0 bridgehead atoms. The van der Waals surface area contributed by atoms with Crippen molar-refractivity contribution in [3.8, 4) is 0 Å². The highest BCUT2D eigenvalue weighted by atomic mass is 35.5. The van der Waals surface area contributed by atoms with Crippen molar-refractivity contribution >= 4 is 68.8 Å². The van der Waals surface area contributed by atoms with E-state index in [9.17, 15) is 4.79 Å². The number of halogens is 3. The zero-order valence-electron chi connectivity index (χ0n) is 12.5. The maximum Gasteiger partial charge on any atom is 0.286 e. The Bertz CT molecular complexity index is 941. The fraction of sp³-hybridized carbons (Fsp3) is 0. The zero-order chi connectivity index (χ0) is 17.8. The van der Waals surface area contributed by atoms with Gasteiger partial charge in [0.05, 0.1) is 15.1 Å². The summed E-state index contributed by atoms with van der Waals surface area (Å²) < 4.78 is 0. The molecule has 8 heteroatoms. The minimum atomic E-state index is -0.347. The minimum Gasteiger partial charge on any atom is -0.320 e. The first-order valence-electron chi connectivity index (χ1n) is 7.06. The Morgan fingerprint density at radius 1 is 1.00 bits per heavy atom. The topological polar surface area (TPSA) is 54.9 Å². The first kappa shape index (κ1) is 17.9. The Kier molecular flexibility index (Phi) is 5.71. The number of aromatic nitrogens is 2. The van der Waals surface area contributed by atoms with Crippen LogP contribution in [0.1, 0.15) is 20.4 Å². The number of carbonyl (C=O) groups excluding carboxylic acids is 1. The van der Waals surface area contributed by atoms with Crippen molar-refractivity contribution in [1.29, 1.82) is 0 Å². The summed E-state index contributed by atoms with van der Waals surface area (Å²) in [7, 11) is 0. The van der Waals surface area contributed by atoms with Crippen LogP contribution in [0.25, 0.3) is 11.1 Å². The molecular weight excluding hydrogens is 401 g/mol. The fourth-order valence-electron chi connectivity index (χ4n) is 1.95. The van der Waals surface area contributed by atoms with Crippen LogP contribution in [0.3, 0.4) is 0 Å². The van der Waals surface area contributed by atoms with Crippen LogP contribution in [0.15, 0.2) is 48.5 Å². The molecule has 1 amide bonds. The van der Waals surface area contributed by atoms with Gasteiger partial charge in [-0.3, -0.25) is 4.79 Å². The van der Waals surface area contributed by atoms with Gasteiger partial charge < -0.3 is 5.32 Å². The van der Waals surface area contributed by atoms with E-state index in [1.54, 1.807) is 36.4 Å². The van der Waals surface area contributed by atoms with E-state index in [-0.39, 0.29) is 10.9 Å². The molecule has 0 fully saturated rings. The molecule has 126 valence electrons. The molecular formula is C17H10Cl3N3OS. The van der Waals surface area contributed by atoms with Gasteiger partial charge in [-0.05, 0) is 29.8 Å². The van der Waals surface area contributed by atoms with Crippen molar-refractivity contribution in [1.82, 2.24) is 10.2 Å². The zero-order valence-corrected chi connectivity index (χ0v) is 15.6. The predicted molar refractivity (Wildman–Crippen MR) is 104 cm³/mol. The molecule has 0 spiro atoms. The Morgan fingerprint density at radius 2 is 1.72 bits per heavy atom. The van der Waals surface area contributed by atoms with Crippen molar-refractivity contribution in [2.75, 3.05) is 5.32 Å². The third-order valence-corrected chi connectivity index (χ3v) is 5.31. The van der Waals surface area contributed by atoms with Crippen molar-refractivity contribution < 1.29 is 4.79 Å². The van der Waals surface area contributed by atoms with Crippen LogP contribution in [-0.4, -0.2) is 16.1 Å². The molecule has 0 saturated heterocycles. The highest BCUT2D eigenvalue weighted by molar-refractivity contribution is 7.15. The van der Waals surface area contributed by atoms with Gasteiger partial charge in [-0.2, -0.15) is 0 Å². The van der Waals surface area contributed by atoms with E-state index in [1.807, 2.05) is 18.2 Å². The van der Waals surface area contributed by atoms with E-state index in [4.69, 9.17) is 34.8 Å². The lowest BCUT2D eigenvalue weighted by Crippen LogP contribution is -2.11. The monoisotopic (exact) mass is 409 g/mol. The van der Waals surface area contributed by atoms with Crippen LogP contribution in [-0.2, 0) is 0 Å². The van der Waals surface area contributed by atoms with E-state index < -0.39 is 0 Å². The van der Waals surface area contributed by atoms with Crippen LogP contribution in [0.5, 0.6) is 0 Å². The predicted octanol–water partition coefficient (Wildman–Crippen LogP) is 5.83. The average Bonchev–Trinajstić information content (AvgIpc) is 3.10. The minimum absolute atomic E-state index is 0.211. The number of anilines is 1. The number of para-hydroxylation sites is 1. The maximum absolute atomic E-state index is 12.2. The molecule has 0 radical (unpaired) electrons. The average molecular weight is 411 g/mol. The molecule has 4 nitrogen and oxygen atoms in total. The molecule has 0 aliphatic rings. The third-order valence-electron chi connectivity index (χ3n) is 3.12. The van der Waals surface area contributed by atoms with Gasteiger partial charge >= 0.3 is 0 Å². The van der Waals surface area contributed by atoms with E-state index in [0.717, 1.165) is 11.3 Å². The first-order valence-corrected chi connectivity index (χ1v) is 9.01. The lowest BCUT2D eigenvalue weighted by Gasteiger charge is -2.01. The fourth-order valence-corrected chi connectivity index (χ4v) is 3.23. The van der Waals surface area contributed by atoms with Crippen LogP contribution in [0.4, 0.5) is 5.69 Å². The first-order chi connectivity index (χ1) is 12.0. The highest BCUT2D eigenvalue weighted by Crippen LogP contribution is 2.31. The van der Waals surface area contributed by atoms with Crippen molar-refractivity contribution in [3.05, 3.63) is 74.2 Å². The number of amides is 1. The van der Waals surface area contributed by atoms with E-state index in [2.05, 4.69) is 15.5 Å². The van der Waals surface area contributed by atoms with Crippen molar-refractivity contribution in [3.63, 3.8) is 0 Å². The number of benzene rings is 2. The Labute approximate surface area is 163 Å². The molecule has 1 aromatic heterocycles. The quantitative estimate of drug-likeness (QED) is 0.588. The smallest absolute Gasteiger partial charge is 0.286 e. The highest BCUT2D eigenvalue weighted by Gasteiger charge is 2.15. The lowest BCUT2D eigenvalue weighted by molar-refractivity contribution is 0.102. The van der Waals surface area contributed by atoms with Gasteiger partial charge in [0, 0.05) is 5.69 Å². The molecule has 0 atom stereocenters. The normalized spacial score (nSPS) is 11.4. The largest absolute Gasteiger partial charge is 0.320 e. The van der Waals surface area contributed by atoms with Gasteiger partial charge in [0.15, 0.2) is 5.01 Å². The molecule has 0 aliphatic carbocycles. The van der Waals surface area contributed by atoms with Crippen LogP contribution >= 0.6 is 46.1 Å². The second-order valence-corrected chi connectivity index (χ2v) is 7.04. The van der Waals surface area contributed by atoms with E-state index in [0.29, 0.717) is 31.3 Å². The Hall–Kier alpha value is -1.92. The van der Waals surface area contributed by atoms with Crippen LogP contribution in [0, 0.1) is 0 Å². The SMILES string of the molecule is O=C(Nc1ccccc1)c1nnc(/C(Cl)=C/c2cccc(Cl)c2Cl)s1. The number of nitrogens with zero attached hydrogens (tertiary/aromatic N) is 2. The van der Waals surface area contributed by atoms with Crippen LogP contribution in [0.2, 0.25) is 10.0 Å². The van der Waals surface area contributed by atoms with E-state index in [1.165, 1.54) is 0 Å². The molecule has 0 saturated carbocycles.